The molecule has 2 rings (SSSR count). The number of esters is 1. The molecule has 0 aliphatic rings. The Kier molecular flexibility index (Phi) is 3.42. The van der Waals surface area contributed by atoms with Gasteiger partial charge in [-0.25, -0.2) is 19.4 Å². The molecule has 0 bridgehead atoms. The molecule has 0 unspecified atom stereocenters. The van der Waals surface area contributed by atoms with Crippen LogP contribution >= 0.6 is 15.9 Å². The van der Waals surface area contributed by atoms with Crippen LogP contribution in [0.4, 0.5) is 0 Å². The van der Waals surface area contributed by atoms with Crippen molar-refractivity contribution in [3.63, 3.8) is 0 Å². The molecule has 94 valence electrons. The second-order valence-corrected chi connectivity index (χ2v) is 4.42. The van der Waals surface area contributed by atoms with E-state index in [-0.39, 0.29) is 5.82 Å². The number of ether oxygens (including phenoxy) is 1. The van der Waals surface area contributed by atoms with Crippen molar-refractivity contribution >= 4 is 21.9 Å². The van der Waals surface area contributed by atoms with Crippen LogP contribution in [0.15, 0.2) is 16.7 Å². The van der Waals surface area contributed by atoms with E-state index in [1.54, 1.807) is 10.7 Å². The van der Waals surface area contributed by atoms with Crippen LogP contribution in [0.2, 0.25) is 0 Å². The maximum absolute atomic E-state index is 11.4. The Morgan fingerprint density at radius 3 is 2.72 bits per heavy atom. The van der Waals surface area contributed by atoms with E-state index in [1.807, 2.05) is 13.8 Å². The lowest BCUT2D eigenvalue weighted by molar-refractivity contribution is 0.0586. The molecule has 7 heteroatoms. The number of aryl methyl sites for hydroxylation is 1. The largest absolute Gasteiger partial charge is 0.463 e. The highest BCUT2D eigenvalue weighted by Gasteiger charge is 2.14. The van der Waals surface area contributed by atoms with Crippen molar-refractivity contribution in [3.05, 3.63) is 33.9 Å². The third-order valence-corrected chi connectivity index (χ3v) is 3.58. The molecule has 0 aliphatic carbocycles. The fourth-order valence-electron chi connectivity index (χ4n) is 1.50. The summed E-state index contributed by atoms with van der Waals surface area (Å²) in [7, 11) is 1.29. The summed E-state index contributed by atoms with van der Waals surface area (Å²) in [6.45, 7) is 3.79. The lowest BCUT2D eigenvalue weighted by atomic mass is 10.4. The van der Waals surface area contributed by atoms with Crippen LogP contribution < -0.4 is 0 Å². The first-order valence-corrected chi connectivity index (χ1v) is 5.97. The molecule has 0 amide bonds. The molecular formula is C11H11BrN4O2. The molecule has 0 saturated carbocycles. The second kappa shape index (κ2) is 4.85. The summed E-state index contributed by atoms with van der Waals surface area (Å²) in [6, 6.07) is 1.68. The van der Waals surface area contributed by atoms with E-state index in [1.165, 1.54) is 13.3 Å². The van der Waals surface area contributed by atoms with Crippen LogP contribution in [0.1, 0.15) is 22.0 Å². The minimum Gasteiger partial charge on any atom is -0.463 e. The number of hydrogen-bond donors (Lipinski definition) is 0. The molecule has 0 N–H and O–H groups in total. The summed E-state index contributed by atoms with van der Waals surface area (Å²) in [6.07, 6.45) is 1.50. The zero-order valence-electron chi connectivity index (χ0n) is 10.1. The highest BCUT2D eigenvalue weighted by molar-refractivity contribution is 9.10. The second-order valence-electron chi connectivity index (χ2n) is 3.63. The summed E-state index contributed by atoms with van der Waals surface area (Å²) < 4.78 is 7.15. The summed E-state index contributed by atoms with van der Waals surface area (Å²) in [5.41, 5.74) is 1.76. The summed E-state index contributed by atoms with van der Waals surface area (Å²) in [5.74, 6) is -0.0344. The maximum atomic E-state index is 11.4. The van der Waals surface area contributed by atoms with Crippen molar-refractivity contribution in [2.24, 2.45) is 0 Å². The Labute approximate surface area is 112 Å². The van der Waals surface area contributed by atoms with Gasteiger partial charge in [-0.1, -0.05) is 0 Å². The first-order chi connectivity index (χ1) is 8.54. The van der Waals surface area contributed by atoms with Gasteiger partial charge < -0.3 is 4.74 Å². The van der Waals surface area contributed by atoms with Crippen molar-refractivity contribution in [3.8, 4) is 5.82 Å². The van der Waals surface area contributed by atoms with Crippen molar-refractivity contribution in [2.45, 2.75) is 13.8 Å². The number of aromatic nitrogens is 4. The molecule has 6 nitrogen and oxygen atoms in total. The Hall–Kier alpha value is -1.76. The van der Waals surface area contributed by atoms with Crippen LogP contribution in [0.25, 0.3) is 5.82 Å². The monoisotopic (exact) mass is 310 g/mol. The molecule has 0 atom stereocenters. The lowest BCUT2D eigenvalue weighted by Crippen LogP contribution is -2.11. The lowest BCUT2D eigenvalue weighted by Gasteiger charge is -2.04. The standard InChI is InChI=1S/C11H11BrN4O2/c1-6-9(12)7(2)16(15-6)8-4-5-13-10(14-8)11(17)18-3/h4-5H,1-3H3. The van der Waals surface area contributed by atoms with Crippen LogP contribution in [0.3, 0.4) is 0 Å². The van der Waals surface area contributed by atoms with E-state index in [2.05, 4.69) is 35.7 Å². The fraction of sp³-hybridized carbons (Fsp3) is 0.273. The number of hydrogen-bond acceptors (Lipinski definition) is 5. The predicted molar refractivity (Wildman–Crippen MR) is 67.7 cm³/mol. The third-order valence-electron chi connectivity index (χ3n) is 2.43. The smallest absolute Gasteiger partial charge is 0.376 e. The fourth-order valence-corrected chi connectivity index (χ4v) is 1.75. The molecule has 18 heavy (non-hydrogen) atoms. The number of carbonyl (C=O) groups is 1. The van der Waals surface area contributed by atoms with E-state index >= 15 is 0 Å². The third kappa shape index (κ3) is 2.13. The van der Waals surface area contributed by atoms with Crippen molar-refractivity contribution < 1.29 is 9.53 Å². The molecule has 0 radical (unpaired) electrons. The van der Waals surface area contributed by atoms with Gasteiger partial charge in [0.1, 0.15) is 0 Å². The highest BCUT2D eigenvalue weighted by Crippen LogP contribution is 2.21. The summed E-state index contributed by atoms with van der Waals surface area (Å²) >= 11 is 3.44. The van der Waals surface area contributed by atoms with E-state index < -0.39 is 5.97 Å². The van der Waals surface area contributed by atoms with E-state index in [0.29, 0.717) is 5.82 Å². The molecule has 0 aromatic carbocycles. The van der Waals surface area contributed by atoms with Crippen LogP contribution in [0.5, 0.6) is 0 Å². The first kappa shape index (κ1) is 12.7. The normalized spacial score (nSPS) is 10.4. The molecular weight excluding hydrogens is 300 g/mol. The number of rotatable bonds is 2. The van der Waals surface area contributed by atoms with E-state index in [0.717, 1.165) is 15.9 Å². The zero-order chi connectivity index (χ0) is 13.3. The number of halogens is 1. The van der Waals surface area contributed by atoms with Crippen LogP contribution in [0, 0.1) is 13.8 Å². The first-order valence-electron chi connectivity index (χ1n) is 5.18. The average Bonchev–Trinajstić information content (AvgIpc) is 2.66. The summed E-state index contributed by atoms with van der Waals surface area (Å²) in [4.78, 5) is 19.3. The van der Waals surface area contributed by atoms with Gasteiger partial charge in [0.2, 0.25) is 5.82 Å². The van der Waals surface area contributed by atoms with Gasteiger partial charge >= 0.3 is 5.97 Å². The number of nitrogens with zero attached hydrogens (tertiary/aromatic N) is 4. The highest BCUT2D eigenvalue weighted by atomic mass is 79.9. The van der Waals surface area contributed by atoms with Gasteiger partial charge in [0, 0.05) is 12.3 Å². The van der Waals surface area contributed by atoms with Gasteiger partial charge in [0.25, 0.3) is 0 Å². The number of carbonyl (C=O) groups excluding carboxylic acids is 1. The predicted octanol–water partition coefficient (Wildman–Crippen LogP) is 1.83. The molecule has 0 saturated heterocycles. The van der Waals surface area contributed by atoms with Gasteiger partial charge in [-0.15, -0.1) is 0 Å². The minimum absolute atomic E-state index is 0.0127. The molecule has 0 spiro atoms. The average molecular weight is 311 g/mol. The van der Waals surface area contributed by atoms with Crippen molar-refractivity contribution in [1.29, 1.82) is 0 Å². The number of methoxy groups -OCH3 is 1. The molecule has 0 aliphatic heterocycles. The van der Waals surface area contributed by atoms with Crippen molar-refractivity contribution in [2.75, 3.05) is 7.11 Å². The topological polar surface area (TPSA) is 69.9 Å². The molecule has 2 heterocycles. The van der Waals surface area contributed by atoms with Gasteiger partial charge in [-0.05, 0) is 29.8 Å². The Balaban J connectivity index is 2.51. The van der Waals surface area contributed by atoms with Gasteiger partial charge in [-0.2, -0.15) is 5.10 Å². The zero-order valence-corrected chi connectivity index (χ0v) is 11.7. The van der Waals surface area contributed by atoms with Gasteiger partial charge in [-0.3, -0.25) is 0 Å². The van der Waals surface area contributed by atoms with Crippen LogP contribution in [-0.2, 0) is 4.74 Å². The Morgan fingerprint density at radius 2 is 2.17 bits per heavy atom. The molecule has 2 aromatic heterocycles. The summed E-state index contributed by atoms with van der Waals surface area (Å²) in [5, 5.41) is 4.33. The maximum Gasteiger partial charge on any atom is 0.376 e. The van der Waals surface area contributed by atoms with E-state index in [4.69, 9.17) is 0 Å². The van der Waals surface area contributed by atoms with Gasteiger partial charge in [0.15, 0.2) is 5.82 Å². The minimum atomic E-state index is -0.572. The molecule has 2 aromatic rings. The quantitative estimate of drug-likeness (QED) is 0.791. The van der Waals surface area contributed by atoms with Crippen molar-refractivity contribution in [1.82, 2.24) is 19.7 Å². The Bertz CT molecular complexity index is 609. The Morgan fingerprint density at radius 1 is 1.44 bits per heavy atom. The SMILES string of the molecule is COC(=O)c1nccc(-n2nc(C)c(Br)c2C)n1. The van der Waals surface area contributed by atoms with Crippen LogP contribution in [-0.4, -0.2) is 32.8 Å². The van der Waals surface area contributed by atoms with Gasteiger partial charge in [0.05, 0.1) is 23.0 Å². The molecule has 0 fully saturated rings. The van der Waals surface area contributed by atoms with E-state index in [9.17, 15) is 4.79 Å².